The summed E-state index contributed by atoms with van der Waals surface area (Å²) >= 11 is 5.73. The Hall–Kier alpha value is -3.02. The van der Waals surface area contributed by atoms with E-state index in [2.05, 4.69) is 22.4 Å². The predicted octanol–water partition coefficient (Wildman–Crippen LogP) is 6.80. The van der Waals surface area contributed by atoms with Gasteiger partial charge in [-0.05, 0) is 86.7 Å². The lowest BCUT2D eigenvalue weighted by Gasteiger charge is -2.35. The Morgan fingerprint density at radius 1 is 1.17 bits per heavy atom. The Labute approximate surface area is 214 Å². The molecule has 2 aromatic carbocycles. The molecular weight excluding hydrogens is 489 g/mol. The van der Waals surface area contributed by atoms with E-state index < -0.39 is 22.8 Å². The van der Waals surface area contributed by atoms with Gasteiger partial charge in [-0.1, -0.05) is 29.8 Å². The number of hydrogen-bond donors (Lipinski definition) is 1. The molecule has 1 aliphatic carbocycles. The number of rotatable bonds is 6. The first kappa shape index (κ1) is 26.1. The molecule has 0 saturated carbocycles. The first-order valence-corrected chi connectivity index (χ1v) is 12.5. The summed E-state index contributed by atoms with van der Waals surface area (Å²) in [6.45, 7) is 3.21. The fraction of sp³-hybridized carbons (Fsp3) is 0.407. The highest BCUT2D eigenvalue weighted by Gasteiger charge is 2.34. The van der Waals surface area contributed by atoms with Gasteiger partial charge in [0.25, 0.3) is 0 Å². The molecule has 0 bridgehead atoms. The smallest absolute Gasteiger partial charge is 0.320 e. The van der Waals surface area contributed by atoms with Crippen molar-refractivity contribution in [1.82, 2.24) is 9.80 Å². The molecule has 1 N–H and O–H groups in total. The van der Waals surface area contributed by atoms with Gasteiger partial charge in [-0.3, -0.25) is 0 Å². The van der Waals surface area contributed by atoms with Crippen LogP contribution in [0.1, 0.15) is 48.8 Å². The van der Waals surface area contributed by atoms with Crippen molar-refractivity contribution in [3.8, 4) is 6.07 Å². The molecule has 9 heteroatoms. The molecule has 4 rings (SSSR count). The lowest BCUT2D eigenvalue weighted by atomic mass is 9.89. The van der Waals surface area contributed by atoms with E-state index in [-0.39, 0.29) is 11.7 Å². The number of urea groups is 1. The second kappa shape index (κ2) is 11.4. The minimum atomic E-state index is -4.61. The number of benzene rings is 2. The number of alkyl halides is 3. The SMILES string of the molecule is N#Cc1ccc(C2=CCC(N(CCN3CCCC3)C(=O)Nc3ccc(Cl)c(C(F)(F)F)c3)CC2)cc1. The quantitative estimate of drug-likeness (QED) is 0.459. The molecule has 190 valence electrons. The molecule has 0 radical (unpaired) electrons. The number of likely N-dealkylation sites (tertiary alicyclic amines) is 1. The van der Waals surface area contributed by atoms with Gasteiger partial charge in [-0.15, -0.1) is 0 Å². The standard InChI is InChI=1S/C27H28ClF3N4O/c28-25-12-9-22(17-24(25)27(29,30)31)33-26(36)35(16-15-34-13-1-2-14-34)23-10-7-21(8-11-23)20-5-3-19(18-32)4-6-20/h3-7,9,12,17,23H,1-2,8,10-11,13-16H2,(H,33,36). The lowest BCUT2D eigenvalue weighted by Crippen LogP contribution is -2.47. The second-order valence-electron chi connectivity index (χ2n) is 9.21. The number of hydrogen-bond acceptors (Lipinski definition) is 3. The van der Waals surface area contributed by atoms with Crippen LogP contribution in [0.4, 0.5) is 23.7 Å². The summed E-state index contributed by atoms with van der Waals surface area (Å²) in [5, 5.41) is 11.3. The molecule has 0 aromatic heterocycles. The highest BCUT2D eigenvalue weighted by molar-refractivity contribution is 6.31. The van der Waals surface area contributed by atoms with E-state index in [1.165, 1.54) is 11.6 Å². The zero-order valence-electron chi connectivity index (χ0n) is 19.8. The summed E-state index contributed by atoms with van der Waals surface area (Å²) in [7, 11) is 0. The Morgan fingerprint density at radius 2 is 1.89 bits per heavy atom. The van der Waals surface area contributed by atoms with E-state index in [1.54, 1.807) is 17.0 Å². The van der Waals surface area contributed by atoms with Crippen LogP contribution >= 0.6 is 11.6 Å². The van der Waals surface area contributed by atoms with Gasteiger partial charge in [-0.2, -0.15) is 18.4 Å². The summed E-state index contributed by atoms with van der Waals surface area (Å²) in [6, 6.07) is 12.5. The molecule has 2 aromatic rings. The van der Waals surface area contributed by atoms with Crippen molar-refractivity contribution in [1.29, 1.82) is 5.26 Å². The van der Waals surface area contributed by atoms with E-state index >= 15 is 0 Å². The van der Waals surface area contributed by atoms with Gasteiger partial charge >= 0.3 is 12.2 Å². The Morgan fingerprint density at radius 3 is 2.50 bits per heavy atom. The minimum Gasteiger partial charge on any atom is -0.320 e. The molecule has 5 nitrogen and oxygen atoms in total. The third-order valence-electron chi connectivity index (χ3n) is 6.85. The zero-order valence-corrected chi connectivity index (χ0v) is 20.6. The normalized spacial score (nSPS) is 18.4. The first-order valence-electron chi connectivity index (χ1n) is 12.1. The van der Waals surface area contributed by atoms with E-state index in [0.29, 0.717) is 18.5 Å². The van der Waals surface area contributed by atoms with Crippen molar-refractivity contribution in [2.24, 2.45) is 0 Å². The van der Waals surface area contributed by atoms with Gasteiger partial charge in [0.1, 0.15) is 0 Å². The topological polar surface area (TPSA) is 59.4 Å². The molecule has 1 atom stereocenters. The number of anilines is 1. The number of amides is 2. The number of nitrogens with zero attached hydrogens (tertiary/aromatic N) is 3. The average Bonchev–Trinajstić information content (AvgIpc) is 3.39. The van der Waals surface area contributed by atoms with Gasteiger partial charge in [-0.25, -0.2) is 4.79 Å². The van der Waals surface area contributed by atoms with Crippen molar-refractivity contribution < 1.29 is 18.0 Å². The fourth-order valence-electron chi connectivity index (χ4n) is 4.85. The summed E-state index contributed by atoms with van der Waals surface area (Å²) in [5.41, 5.74) is 1.92. The van der Waals surface area contributed by atoms with E-state index in [4.69, 9.17) is 16.9 Å². The fourth-order valence-corrected chi connectivity index (χ4v) is 5.07. The third-order valence-corrected chi connectivity index (χ3v) is 7.18. The van der Waals surface area contributed by atoms with Crippen LogP contribution in [-0.4, -0.2) is 48.1 Å². The van der Waals surface area contributed by atoms with Crippen molar-refractivity contribution in [3.63, 3.8) is 0 Å². The minimum absolute atomic E-state index is 0.0625. The molecule has 36 heavy (non-hydrogen) atoms. The summed E-state index contributed by atoms with van der Waals surface area (Å²) in [5.74, 6) is 0. The molecule has 1 aliphatic heterocycles. The molecular formula is C27H28ClF3N4O. The number of nitrogens with one attached hydrogen (secondary N) is 1. The van der Waals surface area contributed by atoms with Crippen LogP contribution < -0.4 is 5.32 Å². The van der Waals surface area contributed by atoms with Gasteiger partial charge in [0.15, 0.2) is 0 Å². The number of nitriles is 1. The maximum absolute atomic E-state index is 13.3. The number of carbonyl (C=O) groups excluding carboxylic acids is 1. The van der Waals surface area contributed by atoms with E-state index in [0.717, 1.165) is 63.0 Å². The molecule has 2 aliphatic rings. The molecule has 0 spiro atoms. The molecule has 1 saturated heterocycles. The lowest BCUT2D eigenvalue weighted by molar-refractivity contribution is -0.137. The number of carbonyl (C=O) groups is 1. The summed E-state index contributed by atoms with van der Waals surface area (Å²) in [6.07, 6.45) is 1.95. The maximum Gasteiger partial charge on any atom is 0.417 e. The van der Waals surface area contributed by atoms with Crippen molar-refractivity contribution >= 4 is 28.9 Å². The highest BCUT2D eigenvalue weighted by Crippen LogP contribution is 2.36. The van der Waals surface area contributed by atoms with E-state index in [1.807, 2.05) is 12.1 Å². The highest BCUT2D eigenvalue weighted by atomic mass is 35.5. The van der Waals surface area contributed by atoms with Crippen LogP contribution in [0.5, 0.6) is 0 Å². The van der Waals surface area contributed by atoms with Crippen molar-refractivity contribution in [2.75, 3.05) is 31.5 Å². The Balaban J connectivity index is 1.49. The van der Waals surface area contributed by atoms with Crippen LogP contribution in [0.25, 0.3) is 5.57 Å². The van der Waals surface area contributed by atoms with Crippen LogP contribution in [0.3, 0.4) is 0 Å². The van der Waals surface area contributed by atoms with Gasteiger partial charge in [0.2, 0.25) is 0 Å². The van der Waals surface area contributed by atoms with Gasteiger partial charge < -0.3 is 15.1 Å². The van der Waals surface area contributed by atoms with Crippen LogP contribution in [-0.2, 0) is 6.18 Å². The Bertz CT molecular complexity index is 1150. The molecule has 1 fully saturated rings. The zero-order chi connectivity index (χ0) is 25.7. The summed E-state index contributed by atoms with van der Waals surface area (Å²) in [4.78, 5) is 17.4. The van der Waals surface area contributed by atoms with Crippen LogP contribution in [0.2, 0.25) is 5.02 Å². The van der Waals surface area contributed by atoms with Gasteiger partial charge in [0, 0.05) is 24.8 Å². The van der Waals surface area contributed by atoms with Crippen LogP contribution in [0.15, 0.2) is 48.5 Å². The summed E-state index contributed by atoms with van der Waals surface area (Å²) < 4.78 is 39.9. The average molecular weight is 517 g/mol. The number of allylic oxidation sites excluding steroid dienone is 1. The Kier molecular flexibility index (Phi) is 8.22. The van der Waals surface area contributed by atoms with Crippen molar-refractivity contribution in [3.05, 3.63) is 70.3 Å². The second-order valence-corrected chi connectivity index (χ2v) is 9.62. The molecule has 1 unspecified atom stereocenters. The largest absolute Gasteiger partial charge is 0.417 e. The van der Waals surface area contributed by atoms with E-state index in [9.17, 15) is 18.0 Å². The van der Waals surface area contributed by atoms with Crippen LogP contribution in [0, 0.1) is 11.3 Å². The molecule has 1 heterocycles. The predicted molar refractivity (Wildman–Crippen MR) is 135 cm³/mol. The monoisotopic (exact) mass is 516 g/mol. The third kappa shape index (κ3) is 6.40. The van der Waals surface area contributed by atoms with Crippen molar-refractivity contribution in [2.45, 2.75) is 44.3 Å². The number of halogens is 4. The molecule has 2 amide bonds. The van der Waals surface area contributed by atoms with Gasteiger partial charge in [0.05, 0.1) is 22.2 Å². The first-order chi connectivity index (χ1) is 17.2. The maximum atomic E-state index is 13.3.